The van der Waals surface area contributed by atoms with Crippen LogP contribution in [0, 0.1) is 0 Å². The van der Waals surface area contributed by atoms with E-state index in [1.165, 1.54) is 5.56 Å². The Bertz CT molecular complexity index is 519. The molecule has 0 radical (unpaired) electrons. The third-order valence-electron chi connectivity index (χ3n) is 3.40. The summed E-state index contributed by atoms with van der Waals surface area (Å²) in [5.41, 5.74) is 1.36. The van der Waals surface area contributed by atoms with Gasteiger partial charge in [0, 0.05) is 12.5 Å². The minimum Gasteiger partial charge on any atom is -0.302 e. The lowest BCUT2D eigenvalue weighted by molar-refractivity contribution is 0.546. The Hall–Kier alpha value is -1.35. The molecule has 0 saturated heterocycles. The maximum absolute atomic E-state index is 6.11. The summed E-state index contributed by atoms with van der Waals surface area (Å²) in [6.07, 6.45) is 1.03. The van der Waals surface area contributed by atoms with E-state index >= 15 is 0 Å². The van der Waals surface area contributed by atoms with Gasteiger partial charge in [-0.3, -0.25) is 0 Å². The minimum absolute atomic E-state index is 0.340. The van der Waals surface area contributed by atoms with E-state index in [4.69, 9.17) is 11.6 Å². The number of halogens is 1. The Balaban J connectivity index is 2.05. The summed E-state index contributed by atoms with van der Waals surface area (Å²) < 4.78 is 2.02. The average Bonchev–Trinajstić information content (AvgIpc) is 2.78. The molecule has 102 valence electrons. The van der Waals surface area contributed by atoms with Gasteiger partial charge in [-0.1, -0.05) is 51.1 Å². The fourth-order valence-electron chi connectivity index (χ4n) is 2.20. The molecule has 1 aromatic heterocycles. The van der Waals surface area contributed by atoms with Crippen LogP contribution in [0.15, 0.2) is 30.3 Å². The van der Waals surface area contributed by atoms with E-state index in [1.54, 1.807) is 0 Å². The summed E-state index contributed by atoms with van der Waals surface area (Å²) in [5, 5.41) is 8.60. The van der Waals surface area contributed by atoms with Crippen molar-refractivity contribution in [3.05, 3.63) is 47.0 Å². The van der Waals surface area contributed by atoms with E-state index in [-0.39, 0.29) is 0 Å². The van der Waals surface area contributed by atoms with Crippen molar-refractivity contribution in [3.63, 3.8) is 0 Å². The molecule has 1 aromatic carbocycles. The quantitative estimate of drug-likeness (QED) is 0.818. The van der Waals surface area contributed by atoms with E-state index in [1.807, 2.05) is 10.6 Å². The Labute approximate surface area is 119 Å². The number of benzene rings is 1. The number of nitrogens with zero attached hydrogens (tertiary/aromatic N) is 3. The third kappa shape index (κ3) is 3.35. The standard InChI is InChI=1S/C15H20ClN3/c1-11(2)14-17-18-15(16)19(14)10-9-12(3)13-7-5-4-6-8-13/h4-8,11-12H,9-10H2,1-3H3. The number of hydrogen-bond acceptors (Lipinski definition) is 2. The maximum atomic E-state index is 6.11. The zero-order valence-electron chi connectivity index (χ0n) is 11.7. The molecule has 0 aliphatic rings. The SMILES string of the molecule is CC(C)c1nnc(Cl)n1CCC(C)c1ccccc1. The van der Waals surface area contributed by atoms with Crippen LogP contribution in [0.1, 0.15) is 50.4 Å². The highest BCUT2D eigenvalue weighted by atomic mass is 35.5. The van der Waals surface area contributed by atoms with Crippen molar-refractivity contribution in [2.45, 2.75) is 45.6 Å². The van der Waals surface area contributed by atoms with Crippen LogP contribution in [0.3, 0.4) is 0 Å². The van der Waals surface area contributed by atoms with Gasteiger partial charge in [-0.15, -0.1) is 10.2 Å². The Morgan fingerprint density at radius 3 is 2.42 bits per heavy atom. The van der Waals surface area contributed by atoms with E-state index in [0.717, 1.165) is 18.8 Å². The molecule has 1 unspecified atom stereocenters. The fraction of sp³-hybridized carbons (Fsp3) is 0.467. The highest BCUT2D eigenvalue weighted by Crippen LogP contribution is 2.22. The predicted molar refractivity (Wildman–Crippen MR) is 78.6 cm³/mol. The number of hydrogen-bond donors (Lipinski definition) is 0. The molecule has 0 amide bonds. The summed E-state index contributed by atoms with van der Waals surface area (Å²) in [6, 6.07) is 10.5. The van der Waals surface area contributed by atoms with Gasteiger partial charge < -0.3 is 4.57 Å². The normalized spacial score (nSPS) is 12.9. The molecule has 0 aliphatic carbocycles. The van der Waals surface area contributed by atoms with Crippen LogP contribution in [-0.2, 0) is 6.54 Å². The Kier molecular flexibility index (Phi) is 4.59. The van der Waals surface area contributed by atoms with Gasteiger partial charge in [0.25, 0.3) is 0 Å². The highest BCUT2D eigenvalue weighted by molar-refractivity contribution is 6.28. The van der Waals surface area contributed by atoms with Crippen molar-refractivity contribution < 1.29 is 0 Å². The maximum Gasteiger partial charge on any atom is 0.225 e. The largest absolute Gasteiger partial charge is 0.302 e. The van der Waals surface area contributed by atoms with Gasteiger partial charge in [-0.25, -0.2) is 0 Å². The van der Waals surface area contributed by atoms with Crippen LogP contribution < -0.4 is 0 Å². The lowest BCUT2D eigenvalue weighted by atomic mass is 9.98. The van der Waals surface area contributed by atoms with Gasteiger partial charge in [0.1, 0.15) is 5.82 Å². The first kappa shape index (κ1) is 14.1. The first-order valence-corrected chi connectivity index (χ1v) is 7.11. The van der Waals surface area contributed by atoms with Crippen LogP contribution in [-0.4, -0.2) is 14.8 Å². The Morgan fingerprint density at radius 2 is 1.79 bits per heavy atom. The lowest BCUT2D eigenvalue weighted by Crippen LogP contribution is -2.08. The summed E-state index contributed by atoms with van der Waals surface area (Å²) >= 11 is 6.11. The second kappa shape index (κ2) is 6.20. The van der Waals surface area contributed by atoms with Gasteiger partial charge in [0.15, 0.2) is 0 Å². The average molecular weight is 278 g/mol. The van der Waals surface area contributed by atoms with E-state index in [2.05, 4.69) is 55.2 Å². The van der Waals surface area contributed by atoms with Crippen molar-refractivity contribution >= 4 is 11.6 Å². The second-order valence-corrected chi connectivity index (χ2v) is 5.57. The molecule has 3 nitrogen and oxygen atoms in total. The van der Waals surface area contributed by atoms with Crippen LogP contribution in [0.2, 0.25) is 5.28 Å². The molecule has 0 N–H and O–H groups in total. The summed E-state index contributed by atoms with van der Waals surface area (Å²) in [5.74, 6) is 1.80. The van der Waals surface area contributed by atoms with Crippen LogP contribution >= 0.6 is 11.6 Å². The minimum atomic E-state index is 0.340. The van der Waals surface area contributed by atoms with Crippen molar-refractivity contribution in [2.24, 2.45) is 0 Å². The molecule has 0 fully saturated rings. The molecule has 2 aromatic rings. The molecule has 0 spiro atoms. The van der Waals surface area contributed by atoms with Crippen LogP contribution in [0.25, 0.3) is 0 Å². The summed E-state index contributed by atoms with van der Waals surface area (Å²) in [7, 11) is 0. The number of rotatable bonds is 5. The van der Waals surface area contributed by atoms with E-state index in [9.17, 15) is 0 Å². The van der Waals surface area contributed by atoms with Gasteiger partial charge in [0.2, 0.25) is 5.28 Å². The lowest BCUT2D eigenvalue weighted by Gasteiger charge is -2.14. The molecular formula is C15H20ClN3. The molecule has 0 saturated carbocycles. The smallest absolute Gasteiger partial charge is 0.225 e. The molecule has 1 atom stereocenters. The first-order chi connectivity index (χ1) is 9.09. The molecular weight excluding hydrogens is 258 g/mol. The molecule has 4 heteroatoms. The zero-order valence-corrected chi connectivity index (χ0v) is 12.4. The van der Waals surface area contributed by atoms with Crippen molar-refractivity contribution in [2.75, 3.05) is 0 Å². The second-order valence-electron chi connectivity index (χ2n) is 5.23. The molecule has 2 rings (SSSR count). The first-order valence-electron chi connectivity index (χ1n) is 6.73. The van der Waals surface area contributed by atoms with Gasteiger partial charge in [-0.05, 0) is 29.5 Å². The summed E-state index contributed by atoms with van der Waals surface area (Å²) in [4.78, 5) is 0. The van der Waals surface area contributed by atoms with Gasteiger partial charge >= 0.3 is 0 Å². The highest BCUT2D eigenvalue weighted by Gasteiger charge is 2.14. The number of aromatic nitrogens is 3. The summed E-state index contributed by atoms with van der Waals surface area (Å²) in [6.45, 7) is 7.31. The van der Waals surface area contributed by atoms with E-state index < -0.39 is 0 Å². The topological polar surface area (TPSA) is 30.7 Å². The third-order valence-corrected chi connectivity index (χ3v) is 3.68. The Morgan fingerprint density at radius 1 is 1.11 bits per heavy atom. The van der Waals surface area contributed by atoms with Crippen LogP contribution in [0.4, 0.5) is 0 Å². The van der Waals surface area contributed by atoms with Crippen LogP contribution in [0.5, 0.6) is 0 Å². The van der Waals surface area contributed by atoms with Gasteiger partial charge in [0.05, 0.1) is 0 Å². The van der Waals surface area contributed by atoms with E-state index in [0.29, 0.717) is 17.1 Å². The zero-order chi connectivity index (χ0) is 13.8. The molecule has 19 heavy (non-hydrogen) atoms. The molecule has 0 bridgehead atoms. The van der Waals surface area contributed by atoms with Gasteiger partial charge in [-0.2, -0.15) is 0 Å². The molecule has 1 heterocycles. The monoisotopic (exact) mass is 277 g/mol. The van der Waals surface area contributed by atoms with Crippen molar-refractivity contribution in [3.8, 4) is 0 Å². The molecule has 0 aliphatic heterocycles. The van der Waals surface area contributed by atoms with Crippen molar-refractivity contribution in [1.82, 2.24) is 14.8 Å². The fourth-order valence-corrected chi connectivity index (χ4v) is 2.41. The van der Waals surface area contributed by atoms with Crippen molar-refractivity contribution in [1.29, 1.82) is 0 Å². The predicted octanol–water partition coefficient (Wildman–Crippen LogP) is 4.25.